The predicted octanol–water partition coefficient (Wildman–Crippen LogP) is 8.50. The standard InChI is InChI=1S/C25H18BrF6IO2/c1-12-11-34-22(10-17(12)26)14-4-2-13(3-5-14)15-6-18(27)23(19(28)7-15)25(31,32)35-16-8-20(29)24(30)21(33)9-16/h2-9,12,17,22H,10-11H2,1H3. The third kappa shape index (κ3) is 5.64. The molecule has 0 N–H and O–H groups in total. The Hall–Kier alpha value is -1.79. The number of ether oxygens (including phenoxy) is 2. The van der Waals surface area contributed by atoms with Crippen LogP contribution in [0, 0.1) is 32.8 Å². The number of benzene rings is 3. The molecule has 1 heterocycles. The van der Waals surface area contributed by atoms with Gasteiger partial charge in [-0.1, -0.05) is 47.1 Å². The van der Waals surface area contributed by atoms with Crippen LogP contribution in [0.5, 0.6) is 5.75 Å². The van der Waals surface area contributed by atoms with Crippen LogP contribution in [0.4, 0.5) is 26.3 Å². The minimum atomic E-state index is -4.48. The predicted molar refractivity (Wildman–Crippen MR) is 131 cm³/mol. The molecule has 3 unspecified atom stereocenters. The van der Waals surface area contributed by atoms with Crippen molar-refractivity contribution in [2.75, 3.05) is 6.61 Å². The third-order valence-electron chi connectivity index (χ3n) is 5.77. The highest BCUT2D eigenvalue weighted by Gasteiger charge is 2.41. The van der Waals surface area contributed by atoms with Gasteiger partial charge >= 0.3 is 6.11 Å². The summed E-state index contributed by atoms with van der Waals surface area (Å²) in [5, 5.41) is 0. The molecule has 3 atom stereocenters. The highest BCUT2D eigenvalue weighted by atomic mass is 127. The number of halogens is 8. The fourth-order valence-electron chi connectivity index (χ4n) is 3.81. The first-order chi connectivity index (χ1) is 16.5. The Morgan fingerprint density at radius 3 is 2.14 bits per heavy atom. The first-order valence-corrected chi connectivity index (χ1v) is 12.5. The molecule has 1 fully saturated rings. The van der Waals surface area contributed by atoms with Crippen molar-refractivity contribution in [1.29, 1.82) is 0 Å². The lowest BCUT2D eigenvalue weighted by molar-refractivity contribution is -0.189. The van der Waals surface area contributed by atoms with Crippen molar-refractivity contribution >= 4 is 38.5 Å². The second-order valence-electron chi connectivity index (χ2n) is 8.31. The SMILES string of the molecule is CC1COC(c2ccc(-c3cc(F)c(C(F)(F)Oc4cc(F)c(F)c(I)c4)c(F)c3)cc2)CC1Br. The summed E-state index contributed by atoms with van der Waals surface area (Å²) in [5.41, 5.74) is -0.281. The van der Waals surface area contributed by atoms with Gasteiger partial charge in [-0.15, -0.1) is 0 Å². The zero-order valence-electron chi connectivity index (χ0n) is 18.1. The van der Waals surface area contributed by atoms with E-state index in [1.165, 1.54) is 22.6 Å². The summed E-state index contributed by atoms with van der Waals surface area (Å²) in [6.07, 6.45) is -3.84. The molecule has 0 spiro atoms. The normalized spacial score (nSPS) is 20.7. The zero-order chi connectivity index (χ0) is 25.5. The Kier molecular flexibility index (Phi) is 7.73. The molecule has 3 aromatic rings. The van der Waals surface area contributed by atoms with E-state index in [4.69, 9.17) is 4.74 Å². The Labute approximate surface area is 219 Å². The lowest BCUT2D eigenvalue weighted by atomic mass is 9.94. The molecular formula is C25H18BrF6IO2. The van der Waals surface area contributed by atoms with E-state index in [9.17, 15) is 26.3 Å². The van der Waals surface area contributed by atoms with Crippen LogP contribution in [0.1, 0.15) is 30.6 Å². The van der Waals surface area contributed by atoms with Crippen LogP contribution in [-0.4, -0.2) is 11.4 Å². The average Bonchev–Trinajstić information content (AvgIpc) is 2.78. The van der Waals surface area contributed by atoms with Gasteiger partial charge in [0.1, 0.15) is 22.9 Å². The molecule has 0 aromatic heterocycles. The van der Waals surface area contributed by atoms with Gasteiger partial charge in [-0.3, -0.25) is 0 Å². The van der Waals surface area contributed by atoms with Gasteiger partial charge in [-0.25, -0.2) is 17.6 Å². The molecule has 4 rings (SSSR count). The van der Waals surface area contributed by atoms with Crippen LogP contribution in [-0.2, 0) is 10.8 Å². The summed E-state index contributed by atoms with van der Waals surface area (Å²) >= 11 is 5.03. The Morgan fingerprint density at radius 1 is 0.943 bits per heavy atom. The molecule has 0 amide bonds. The molecule has 3 aromatic carbocycles. The maximum absolute atomic E-state index is 14.7. The van der Waals surface area contributed by atoms with Gasteiger partial charge in [0.05, 0.1) is 16.3 Å². The van der Waals surface area contributed by atoms with E-state index >= 15 is 0 Å². The molecule has 0 aliphatic carbocycles. The Bertz CT molecular complexity index is 1190. The third-order valence-corrected chi connectivity index (χ3v) is 7.83. The van der Waals surface area contributed by atoms with Gasteiger partial charge in [0, 0.05) is 10.9 Å². The highest BCUT2D eigenvalue weighted by Crippen LogP contribution is 2.39. The molecular weight excluding hydrogens is 653 g/mol. The maximum Gasteiger partial charge on any atom is 0.432 e. The van der Waals surface area contributed by atoms with Gasteiger partial charge in [0.25, 0.3) is 0 Å². The molecule has 2 nitrogen and oxygen atoms in total. The fraction of sp³-hybridized carbons (Fsp3) is 0.280. The smallest absolute Gasteiger partial charge is 0.429 e. The van der Waals surface area contributed by atoms with Crippen molar-refractivity contribution in [1.82, 2.24) is 0 Å². The number of alkyl halides is 3. The first kappa shape index (κ1) is 26.3. The van der Waals surface area contributed by atoms with Gasteiger partial charge < -0.3 is 9.47 Å². The molecule has 1 aliphatic heterocycles. The van der Waals surface area contributed by atoms with Crippen LogP contribution < -0.4 is 4.74 Å². The van der Waals surface area contributed by atoms with Gasteiger partial charge in [-0.2, -0.15) is 8.78 Å². The minimum absolute atomic E-state index is 0.0463. The summed E-state index contributed by atoms with van der Waals surface area (Å²) < 4.78 is 95.5. The van der Waals surface area contributed by atoms with Crippen molar-refractivity contribution in [2.45, 2.75) is 30.4 Å². The van der Waals surface area contributed by atoms with E-state index in [2.05, 4.69) is 27.6 Å². The number of rotatable bonds is 5. The van der Waals surface area contributed by atoms with Gasteiger partial charge in [0.2, 0.25) is 0 Å². The molecule has 0 radical (unpaired) electrons. The van der Waals surface area contributed by atoms with Crippen LogP contribution in [0.2, 0.25) is 0 Å². The summed E-state index contributed by atoms with van der Waals surface area (Å²) in [5.74, 6) is -6.16. The molecule has 186 valence electrons. The quantitative estimate of drug-likeness (QED) is 0.117. The molecule has 0 saturated carbocycles. The van der Waals surface area contributed by atoms with Crippen molar-refractivity contribution in [2.24, 2.45) is 5.92 Å². The monoisotopic (exact) mass is 670 g/mol. The van der Waals surface area contributed by atoms with E-state index in [0.717, 1.165) is 30.2 Å². The van der Waals surface area contributed by atoms with Crippen LogP contribution in [0.25, 0.3) is 11.1 Å². The van der Waals surface area contributed by atoms with Crippen LogP contribution in [0.15, 0.2) is 48.5 Å². The van der Waals surface area contributed by atoms with Crippen molar-refractivity contribution < 1.29 is 35.8 Å². The molecule has 0 bridgehead atoms. The van der Waals surface area contributed by atoms with Crippen molar-refractivity contribution in [3.63, 3.8) is 0 Å². The van der Waals surface area contributed by atoms with Gasteiger partial charge in [0.15, 0.2) is 11.6 Å². The van der Waals surface area contributed by atoms with E-state index in [1.807, 2.05) is 0 Å². The van der Waals surface area contributed by atoms with Crippen molar-refractivity contribution in [3.05, 3.63) is 86.5 Å². The summed E-state index contributed by atoms with van der Waals surface area (Å²) in [4.78, 5) is 0.301. The Balaban J connectivity index is 1.58. The maximum atomic E-state index is 14.7. The fourth-order valence-corrected chi connectivity index (χ4v) is 4.86. The summed E-state index contributed by atoms with van der Waals surface area (Å²) in [6, 6.07) is 9.51. The zero-order valence-corrected chi connectivity index (χ0v) is 21.8. The number of hydrogen-bond acceptors (Lipinski definition) is 2. The highest BCUT2D eigenvalue weighted by molar-refractivity contribution is 14.1. The van der Waals surface area contributed by atoms with Crippen LogP contribution >= 0.6 is 38.5 Å². The minimum Gasteiger partial charge on any atom is -0.429 e. The van der Waals surface area contributed by atoms with E-state index < -0.39 is 40.7 Å². The average molecular weight is 671 g/mol. The summed E-state index contributed by atoms with van der Waals surface area (Å²) in [6.45, 7) is 2.68. The largest absolute Gasteiger partial charge is 0.432 e. The lowest BCUT2D eigenvalue weighted by Crippen LogP contribution is -2.27. The van der Waals surface area contributed by atoms with Gasteiger partial charge in [-0.05, 0) is 69.8 Å². The first-order valence-electron chi connectivity index (χ1n) is 10.5. The second-order valence-corrected chi connectivity index (χ2v) is 10.6. The van der Waals surface area contributed by atoms with E-state index in [1.54, 1.807) is 24.3 Å². The molecule has 35 heavy (non-hydrogen) atoms. The summed E-state index contributed by atoms with van der Waals surface area (Å²) in [7, 11) is 0. The van der Waals surface area contributed by atoms with E-state index in [0.29, 0.717) is 29.0 Å². The number of hydrogen-bond donors (Lipinski definition) is 0. The topological polar surface area (TPSA) is 18.5 Å². The van der Waals surface area contributed by atoms with Crippen LogP contribution in [0.3, 0.4) is 0 Å². The van der Waals surface area contributed by atoms with Crippen molar-refractivity contribution in [3.8, 4) is 16.9 Å². The molecule has 1 saturated heterocycles. The molecule has 1 aliphatic rings. The second kappa shape index (κ2) is 10.3. The van der Waals surface area contributed by atoms with E-state index in [-0.39, 0.29) is 15.2 Å². The Morgan fingerprint density at radius 2 is 1.57 bits per heavy atom. The molecule has 10 heteroatoms. The lowest BCUT2D eigenvalue weighted by Gasteiger charge is -2.31.